The van der Waals surface area contributed by atoms with Crippen molar-refractivity contribution in [1.29, 1.82) is 0 Å². The van der Waals surface area contributed by atoms with Crippen LogP contribution in [0, 0.1) is 17.8 Å². The van der Waals surface area contributed by atoms with Gasteiger partial charge in [-0.15, -0.1) is 0 Å². The second-order valence-corrected chi connectivity index (χ2v) is 7.29. The van der Waals surface area contributed by atoms with Gasteiger partial charge in [0.1, 0.15) is 5.60 Å². The maximum absolute atomic E-state index is 12.3. The van der Waals surface area contributed by atoms with Gasteiger partial charge in [0.25, 0.3) is 0 Å². The molecule has 0 unspecified atom stereocenters. The summed E-state index contributed by atoms with van der Waals surface area (Å²) in [6.07, 6.45) is 10.3. The van der Waals surface area contributed by atoms with Crippen molar-refractivity contribution < 1.29 is 9.53 Å². The minimum absolute atomic E-state index is 0.0881. The molecule has 0 aromatic heterocycles. The second kappa shape index (κ2) is 6.28. The fourth-order valence-electron chi connectivity index (χ4n) is 3.68. The molecule has 0 bridgehead atoms. The van der Waals surface area contributed by atoms with Crippen LogP contribution in [0.3, 0.4) is 0 Å². The average Bonchev–Trinajstić information content (AvgIpc) is 2.40. The van der Waals surface area contributed by atoms with Crippen LogP contribution in [0.2, 0.25) is 0 Å². The fraction of sp³-hybridized carbons (Fsp3) is 0.941. The van der Waals surface area contributed by atoms with Crippen molar-refractivity contribution in [2.45, 2.75) is 84.2 Å². The van der Waals surface area contributed by atoms with E-state index in [2.05, 4.69) is 20.8 Å². The minimum atomic E-state index is -0.181. The molecule has 0 aromatic carbocycles. The Hall–Kier alpha value is -0.530. The SMILES string of the molecule is CC(C)C1CCC(C)(OC(=O)C2CCCCC2)CC1. The standard InChI is InChI=1S/C17H30O2/c1-13(2)14-9-11-17(3,12-10-14)19-16(18)15-7-5-4-6-8-15/h13-15H,4-12H2,1-3H3. The van der Waals surface area contributed by atoms with Crippen molar-refractivity contribution in [3.8, 4) is 0 Å². The predicted octanol–water partition coefficient (Wildman–Crippen LogP) is 4.71. The van der Waals surface area contributed by atoms with Gasteiger partial charge in [-0.05, 0) is 57.3 Å². The number of carbonyl (C=O) groups is 1. The van der Waals surface area contributed by atoms with Crippen molar-refractivity contribution in [3.05, 3.63) is 0 Å². The maximum atomic E-state index is 12.3. The number of hydrogen-bond acceptors (Lipinski definition) is 2. The van der Waals surface area contributed by atoms with Crippen LogP contribution in [0.1, 0.15) is 78.6 Å². The van der Waals surface area contributed by atoms with Crippen molar-refractivity contribution in [2.24, 2.45) is 17.8 Å². The highest BCUT2D eigenvalue weighted by Gasteiger charge is 2.37. The summed E-state index contributed by atoms with van der Waals surface area (Å²) in [5.41, 5.74) is -0.181. The molecule has 110 valence electrons. The third-order valence-corrected chi connectivity index (χ3v) is 5.32. The van der Waals surface area contributed by atoms with E-state index in [4.69, 9.17) is 4.74 Å². The Balaban J connectivity index is 1.83. The summed E-state index contributed by atoms with van der Waals surface area (Å²) >= 11 is 0. The van der Waals surface area contributed by atoms with E-state index in [9.17, 15) is 4.79 Å². The molecule has 0 amide bonds. The second-order valence-electron chi connectivity index (χ2n) is 7.29. The molecular weight excluding hydrogens is 236 g/mol. The van der Waals surface area contributed by atoms with Gasteiger partial charge < -0.3 is 4.74 Å². The van der Waals surface area contributed by atoms with Crippen LogP contribution in [-0.2, 0) is 9.53 Å². The molecule has 2 aliphatic rings. The summed E-state index contributed by atoms with van der Waals surface area (Å²) in [7, 11) is 0. The zero-order valence-corrected chi connectivity index (χ0v) is 12.9. The number of hydrogen-bond donors (Lipinski definition) is 0. The Morgan fingerprint density at radius 2 is 1.63 bits per heavy atom. The third-order valence-electron chi connectivity index (χ3n) is 5.32. The first-order valence-corrected chi connectivity index (χ1v) is 8.23. The molecular formula is C17H30O2. The lowest BCUT2D eigenvalue weighted by Gasteiger charge is -2.39. The average molecular weight is 266 g/mol. The van der Waals surface area contributed by atoms with Gasteiger partial charge in [0.05, 0.1) is 5.92 Å². The van der Waals surface area contributed by atoms with Crippen LogP contribution in [0.25, 0.3) is 0 Å². The molecule has 0 aromatic rings. The summed E-state index contributed by atoms with van der Waals surface area (Å²) in [5, 5.41) is 0. The molecule has 0 radical (unpaired) electrons. The van der Waals surface area contributed by atoms with Crippen LogP contribution in [-0.4, -0.2) is 11.6 Å². The van der Waals surface area contributed by atoms with Crippen molar-refractivity contribution >= 4 is 5.97 Å². The molecule has 0 aliphatic heterocycles. The summed E-state index contributed by atoms with van der Waals surface area (Å²) in [6, 6.07) is 0. The largest absolute Gasteiger partial charge is 0.459 e. The van der Waals surface area contributed by atoms with Crippen LogP contribution in [0.4, 0.5) is 0 Å². The predicted molar refractivity (Wildman–Crippen MR) is 77.9 cm³/mol. The lowest BCUT2D eigenvalue weighted by Crippen LogP contribution is -2.39. The third kappa shape index (κ3) is 3.97. The first-order chi connectivity index (χ1) is 9.00. The molecule has 0 N–H and O–H groups in total. The summed E-state index contributed by atoms with van der Waals surface area (Å²) in [4.78, 5) is 12.3. The van der Waals surface area contributed by atoms with Crippen molar-refractivity contribution in [3.63, 3.8) is 0 Å². The van der Waals surface area contributed by atoms with Gasteiger partial charge in [0.15, 0.2) is 0 Å². The van der Waals surface area contributed by atoms with Gasteiger partial charge in [-0.1, -0.05) is 33.1 Å². The number of carbonyl (C=O) groups excluding carboxylic acids is 1. The first kappa shape index (κ1) is 14.9. The number of rotatable bonds is 3. The van der Waals surface area contributed by atoms with E-state index in [-0.39, 0.29) is 17.5 Å². The van der Waals surface area contributed by atoms with Crippen LogP contribution in [0.5, 0.6) is 0 Å². The zero-order valence-electron chi connectivity index (χ0n) is 12.9. The Morgan fingerprint density at radius 1 is 1.05 bits per heavy atom. The molecule has 0 spiro atoms. The molecule has 0 saturated heterocycles. The quantitative estimate of drug-likeness (QED) is 0.691. The molecule has 2 rings (SSSR count). The molecule has 2 saturated carbocycles. The van der Waals surface area contributed by atoms with E-state index in [0.29, 0.717) is 0 Å². The lowest BCUT2D eigenvalue weighted by molar-refractivity contribution is -0.168. The van der Waals surface area contributed by atoms with E-state index < -0.39 is 0 Å². The van der Waals surface area contributed by atoms with Crippen molar-refractivity contribution in [1.82, 2.24) is 0 Å². The monoisotopic (exact) mass is 266 g/mol. The molecule has 0 atom stereocenters. The van der Waals surface area contributed by atoms with Gasteiger partial charge >= 0.3 is 5.97 Å². The topological polar surface area (TPSA) is 26.3 Å². The summed E-state index contributed by atoms with van der Waals surface area (Å²) < 4.78 is 5.91. The Kier molecular flexibility index (Phi) is 4.92. The number of esters is 1. The lowest BCUT2D eigenvalue weighted by atomic mass is 9.75. The highest BCUT2D eigenvalue weighted by molar-refractivity contribution is 5.73. The highest BCUT2D eigenvalue weighted by atomic mass is 16.6. The molecule has 2 fully saturated rings. The van der Waals surface area contributed by atoms with Crippen LogP contribution < -0.4 is 0 Å². The van der Waals surface area contributed by atoms with E-state index in [1.807, 2.05) is 0 Å². The molecule has 19 heavy (non-hydrogen) atoms. The first-order valence-electron chi connectivity index (χ1n) is 8.23. The smallest absolute Gasteiger partial charge is 0.309 e. The van der Waals surface area contributed by atoms with E-state index in [0.717, 1.165) is 37.5 Å². The highest BCUT2D eigenvalue weighted by Crippen LogP contribution is 2.39. The van der Waals surface area contributed by atoms with E-state index in [1.54, 1.807) is 0 Å². The zero-order chi connectivity index (χ0) is 13.9. The number of ether oxygens (including phenoxy) is 1. The van der Waals surface area contributed by atoms with E-state index in [1.165, 1.54) is 32.1 Å². The van der Waals surface area contributed by atoms with Gasteiger partial charge in [-0.3, -0.25) is 4.79 Å². The van der Waals surface area contributed by atoms with Gasteiger partial charge in [0.2, 0.25) is 0 Å². The summed E-state index contributed by atoms with van der Waals surface area (Å²) in [5.74, 6) is 1.86. The Morgan fingerprint density at radius 3 is 2.16 bits per heavy atom. The molecule has 0 heterocycles. The van der Waals surface area contributed by atoms with Gasteiger partial charge in [-0.25, -0.2) is 0 Å². The van der Waals surface area contributed by atoms with E-state index >= 15 is 0 Å². The Bertz CT molecular complexity index is 294. The van der Waals surface area contributed by atoms with Crippen LogP contribution >= 0.6 is 0 Å². The van der Waals surface area contributed by atoms with Crippen LogP contribution in [0.15, 0.2) is 0 Å². The molecule has 2 heteroatoms. The fourth-order valence-corrected chi connectivity index (χ4v) is 3.68. The molecule has 2 aliphatic carbocycles. The van der Waals surface area contributed by atoms with Gasteiger partial charge in [-0.2, -0.15) is 0 Å². The normalized spacial score (nSPS) is 33.4. The van der Waals surface area contributed by atoms with Crippen molar-refractivity contribution in [2.75, 3.05) is 0 Å². The summed E-state index contributed by atoms with van der Waals surface area (Å²) in [6.45, 7) is 6.76. The van der Waals surface area contributed by atoms with Gasteiger partial charge in [0, 0.05) is 0 Å². The maximum Gasteiger partial charge on any atom is 0.309 e. The minimum Gasteiger partial charge on any atom is -0.459 e. The molecule has 2 nitrogen and oxygen atoms in total. The Labute approximate surface area is 118 Å².